The average Bonchev–Trinajstić information content (AvgIpc) is 2.68. The SMILES string of the molecule is NC(=O)CSc1ccccc1NC(=O)C1=NN(c2ccccc2)C(=O)CC1. The van der Waals surface area contributed by atoms with Crippen LogP contribution in [0.2, 0.25) is 0 Å². The smallest absolute Gasteiger partial charge is 0.271 e. The first-order valence-corrected chi connectivity index (χ1v) is 9.30. The minimum absolute atomic E-state index is 0.115. The van der Waals surface area contributed by atoms with E-state index in [-0.39, 0.29) is 36.1 Å². The Morgan fingerprint density at radius 1 is 1.07 bits per heavy atom. The van der Waals surface area contributed by atoms with Crippen molar-refractivity contribution in [2.75, 3.05) is 16.1 Å². The van der Waals surface area contributed by atoms with E-state index in [0.29, 0.717) is 11.4 Å². The fourth-order valence-corrected chi connectivity index (χ4v) is 3.27. The topological polar surface area (TPSA) is 105 Å². The Balaban J connectivity index is 1.78. The van der Waals surface area contributed by atoms with Gasteiger partial charge in [0.25, 0.3) is 5.91 Å². The van der Waals surface area contributed by atoms with Gasteiger partial charge in [-0.2, -0.15) is 5.10 Å². The number of nitrogens with one attached hydrogen (secondary N) is 1. The number of amides is 3. The maximum Gasteiger partial charge on any atom is 0.271 e. The number of nitrogens with zero attached hydrogens (tertiary/aromatic N) is 2. The van der Waals surface area contributed by atoms with Gasteiger partial charge in [-0.3, -0.25) is 14.4 Å². The van der Waals surface area contributed by atoms with Gasteiger partial charge >= 0.3 is 0 Å². The second-order valence-corrected chi connectivity index (χ2v) is 6.81. The van der Waals surface area contributed by atoms with Crippen LogP contribution in [0.5, 0.6) is 0 Å². The van der Waals surface area contributed by atoms with E-state index < -0.39 is 5.91 Å². The lowest BCUT2D eigenvalue weighted by atomic mass is 10.1. The Hall–Kier alpha value is -3.13. The Morgan fingerprint density at radius 3 is 2.52 bits per heavy atom. The Bertz CT molecular complexity index is 899. The molecule has 0 atom stereocenters. The third-order valence-corrected chi connectivity index (χ3v) is 4.90. The van der Waals surface area contributed by atoms with Gasteiger partial charge in [0.15, 0.2) is 0 Å². The van der Waals surface area contributed by atoms with Crippen LogP contribution in [-0.2, 0) is 14.4 Å². The summed E-state index contributed by atoms with van der Waals surface area (Å²) in [7, 11) is 0. The fraction of sp³-hybridized carbons (Fsp3) is 0.158. The molecule has 1 aliphatic rings. The fourth-order valence-electron chi connectivity index (χ4n) is 2.53. The molecule has 0 fully saturated rings. The van der Waals surface area contributed by atoms with Gasteiger partial charge in [0.2, 0.25) is 11.8 Å². The molecule has 0 aromatic heterocycles. The molecule has 0 unspecified atom stereocenters. The number of para-hydroxylation sites is 2. The Morgan fingerprint density at radius 2 is 1.78 bits per heavy atom. The van der Waals surface area contributed by atoms with Crippen LogP contribution in [0.3, 0.4) is 0 Å². The van der Waals surface area contributed by atoms with Crippen LogP contribution in [-0.4, -0.2) is 29.2 Å². The summed E-state index contributed by atoms with van der Waals surface area (Å²) in [5.74, 6) is -0.857. The maximum atomic E-state index is 12.7. The van der Waals surface area contributed by atoms with Crippen LogP contribution in [0, 0.1) is 0 Å². The van der Waals surface area contributed by atoms with Crippen molar-refractivity contribution in [3.8, 4) is 0 Å². The minimum Gasteiger partial charge on any atom is -0.369 e. The zero-order valence-electron chi connectivity index (χ0n) is 14.4. The van der Waals surface area contributed by atoms with Gasteiger partial charge in [0.05, 0.1) is 17.1 Å². The van der Waals surface area contributed by atoms with Crippen molar-refractivity contribution >= 4 is 46.6 Å². The van der Waals surface area contributed by atoms with E-state index in [4.69, 9.17) is 5.73 Å². The minimum atomic E-state index is -0.435. The van der Waals surface area contributed by atoms with E-state index in [1.165, 1.54) is 16.8 Å². The molecule has 0 saturated carbocycles. The molecular weight excluding hydrogens is 364 g/mol. The molecule has 138 valence electrons. The van der Waals surface area contributed by atoms with Gasteiger partial charge in [-0.25, -0.2) is 5.01 Å². The highest BCUT2D eigenvalue weighted by Gasteiger charge is 2.25. The zero-order chi connectivity index (χ0) is 19.2. The lowest BCUT2D eigenvalue weighted by molar-refractivity contribution is -0.119. The van der Waals surface area contributed by atoms with Gasteiger partial charge in [0, 0.05) is 17.7 Å². The van der Waals surface area contributed by atoms with E-state index >= 15 is 0 Å². The van der Waals surface area contributed by atoms with Crippen LogP contribution >= 0.6 is 11.8 Å². The number of anilines is 2. The maximum absolute atomic E-state index is 12.7. The van der Waals surface area contributed by atoms with Crippen molar-refractivity contribution in [2.45, 2.75) is 17.7 Å². The summed E-state index contributed by atoms with van der Waals surface area (Å²) in [5.41, 5.74) is 6.64. The summed E-state index contributed by atoms with van der Waals surface area (Å²) < 4.78 is 0. The highest BCUT2D eigenvalue weighted by molar-refractivity contribution is 8.00. The lowest BCUT2D eigenvalue weighted by Crippen LogP contribution is -2.36. The van der Waals surface area contributed by atoms with E-state index in [1.807, 2.05) is 12.1 Å². The molecule has 0 spiro atoms. The number of nitrogens with two attached hydrogens (primary N) is 1. The first kappa shape index (κ1) is 18.7. The number of carbonyl (C=O) groups is 3. The highest BCUT2D eigenvalue weighted by atomic mass is 32.2. The molecule has 3 amide bonds. The molecule has 27 heavy (non-hydrogen) atoms. The van der Waals surface area contributed by atoms with Gasteiger partial charge < -0.3 is 11.1 Å². The van der Waals surface area contributed by atoms with Crippen LogP contribution < -0.4 is 16.1 Å². The first-order chi connectivity index (χ1) is 13.0. The quantitative estimate of drug-likeness (QED) is 0.748. The van der Waals surface area contributed by atoms with Crippen molar-refractivity contribution in [1.29, 1.82) is 0 Å². The van der Waals surface area contributed by atoms with Crippen molar-refractivity contribution in [1.82, 2.24) is 0 Å². The predicted octanol–water partition coefficient (Wildman–Crippen LogP) is 2.39. The summed E-state index contributed by atoms with van der Waals surface area (Å²) in [5, 5.41) is 8.31. The van der Waals surface area contributed by atoms with Crippen LogP contribution in [0.15, 0.2) is 64.6 Å². The van der Waals surface area contributed by atoms with E-state index in [0.717, 1.165) is 4.90 Å². The lowest BCUT2D eigenvalue weighted by Gasteiger charge is -2.23. The normalized spacial score (nSPS) is 13.9. The van der Waals surface area contributed by atoms with Gasteiger partial charge in [-0.1, -0.05) is 30.3 Å². The second kappa shape index (κ2) is 8.50. The molecule has 0 saturated heterocycles. The molecule has 3 rings (SSSR count). The largest absolute Gasteiger partial charge is 0.369 e. The van der Waals surface area contributed by atoms with Crippen molar-refractivity contribution in [3.63, 3.8) is 0 Å². The molecular formula is C19H18N4O3S. The van der Waals surface area contributed by atoms with E-state index in [9.17, 15) is 14.4 Å². The summed E-state index contributed by atoms with van der Waals surface area (Å²) in [6, 6.07) is 16.1. The number of hydrazone groups is 1. The number of rotatable bonds is 6. The number of primary amides is 1. The number of benzene rings is 2. The molecule has 8 heteroatoms. The number of hydrogen-bond acceptors (Lipinski definition) is 5. The number of carbonyl (C=O) groups excluding carboxylic acids is 3. The molecule has 3 N–H and O–H groups in total. The molecule has 0 bridgehead atoms. The molecule has 1 aliphatic heterocycles. The molecule has 1 heterocycles. The molecule has 0 aliphatic carbocycles. The van der Waals surface area contributed by atoms with Crippen LogP contribution in [0.1, 0.15) is 12.8 Å². The van der Waals surface area contributed by atoms with Crippen molar-refractivity contribution in [3.05, 3.63) is 54.6 Å². The third-order valence-electron chi connectivity index (χ3n) is 3.80. The average molecular weight is 382 g/mol. The highest BCUT2D eigenvalue weighted by Crippen LogP contribution is 2.27. The molecule has 0 radical (unpaired) electrons. The molecule has 2 aromatic rings. The summed E-state index contributed by atoms with van der Waals surface area (Å²) in [6.45, 7) is 0. The van der Waals surface area contributed by atoms with Gasteiger partial charge in [0.1, 0.15) is 5.71 Å². The molecule has 2 aromatic carbocycles. The van der Waals surface area contributed by atoms with Crippen molar-refractivity contribution in [2.24, 2.45) is 10.8 Å². The van der Waals surface area contributed by atoms with E-state index in [1.54, 1.807) is 42.5 Å². The number of hydrogen-bond donors (Lipinski definition) is 2. The van der Waals surface area contributed by atoms with Crippen molar-refractivity contribution < 1.29 is 14.4 Å². The predicted molar refractivity (Wildman–Crippen MR) is 106 cm³/mol. The van der Waals surface area contributed by atoms with E-state index in [2.05, 4.69) is 10.4 Å². The summed E-state index contributed by atoms with van der Waals surface area (Å²) in [6.07, 6.45) is 0.476. The zero-order valence-corrected chi connectivity index (χ0v) is 15.2. The van der Waals surface area contributed by atoms with Crippen LogP contribution in [0.4, 0.5) is 11.4 Å². The summed E-state index contributed by atoms with van der Waals surface area (Å²) >= 11 is 1.25. The standard InChI is InChI=1S/C19H18N4O3S/c20-17(24)12-27-16-9-5-4-8-14(16)21-19(26)15-10-11-18(25)23(22-15)13-6-2-1-3-7-13/h1-9H,10-12H2,(H2,20,24)(H,21,26). The van der Waals surface area contributed by atoms with Crippen LogP contribution in [0.25, 0.3) is 0 Å². The second-order valence-electron chi connectivity index (χ2n) is 5.79. The summed E-state index contributed by atoms with van der Waals surface area (Å²) in [4.78, 5) is 36.6. The number of thioether (sulfide) groups is 1. The Kier molecular flexibility index (Phi) is 5.87. The monoisotopic (exact) mass is 382 g/mol. The van der Waals surface area contributed by atoms with Gasteiger partial charge in [-0.15, -0.1) is 11.8 Å². The third kappa shape index (κ3) is 4.73. The van der Waals surface area contributed by atoms with Gasteiger partial charge in [-0.05, 0) is 24.3 Å². The molecule has 7 nitrogen and oxygen atoms in total. The Labute approximate surface area is 160 Å². The first-order valence-electron chi connectivity index (χ1n) is 8.31.